The number of benzene rings is 1. The van der Waals surface area contributed by atoms with E-state index in [9.17, 15) is 0 Å². The number of nitrogens with zero attached hydrogens (tertiary/aromatic N) is 4. The molecule has 0 saturated heterocycles. The van der Waals surface area contributed by atoms with Crippen LogP contribution < -0.4 is 0 Å². The molecule has 28 heavy (non-hydrogen) atoms. The van der Waals surface area contributed by atoms with Gasteiger partial charge in [-0.3, -0.25) is 10.00 Å². The number of H-pyrrole nitrogens is 1. The van der Waals surface area contributed by atoms with Crippen molar-refractivity contribution in [2.45, 2.75) is 58.2 Å². The first-order valence-electron chi connectivity index (χ1n) is 10.7. The van der Waals surface area contributed by atoms with Gasteiger partial charge in [0.2, 0.25) is 0 Å². The van der Waals surface area contributed by atoms with E-state index in [2.05, 4.69) is 49.9 Å². The van der Waals surface area contributed by atoms with Crippen LogP contribution >= 0.6 is 0 Å². The van der Waals surface area contributed by atoms with Crippen LogP contribution in [0.3, 0.4) is 0 Å². The summed E-state index contributed by atoms with van der Waals surface area (Å²) in [6.07, 6.45) is 11.8. The standard InChI is InChI=1S/C23H29N5/c1-2-8-19(9-3-1)14-28-17-24-13-20(28)15-27-11-10-22-21(16-27)23(26-25-22)12-18-6-4-5-7-18/h1-3,8-9,13,17-18H,4-7,10-12,14-16H2,(H,25,26). The Morgan fingerprint density at radius 2 is 1.93 bits per heavy atom. The molecule has 2 aromatic heterocycles. The molecule has 5 heteroatoms. The van der Waals surface area contributed by atoms with Crippen molar-refractivity contribution in [3.05, 3.63) is 71.1 Å². The van der Waals surface area contributed by atoms with Gasteiger partial charge in [0.25, 0.3) is 0 Å². The fourth-order valence-electron chi connectivity index (χ4n) is 4.83. The first-order valence-corrected chi connectivity index (χ1v) is 10.7. The van der Waals surface area contributed by atoms with Crippen LogP contribution in [-0.2, 0) is 32.5 Å². The van der Waals surface area contributed by atoms with E-state index in [0.717, 1.165) is 44.9 Å². The molecule has 0 spiro atoms. The Bertz CT molecular complexity index is 904. The second-order valence-corrected chi connectivity index (χ2v) is 8.44. The van der Waals surface area contributed by atoms with Crippen molar-refractivity contribution in [3.8, 4) is 0 Å². The predicted molar refractivity (Wildman–Crippen MR) is 110 cm³/mol. The Hall–Kier alpha value is -2.40. The molecule has 1 fully saturated rings. The molecule has 1 saturated carbocycles. The molecule has 2 aliphatic rings. The van der Waals surface area contributed by atoms with Gasteiger partial charge in [-0.2, -0.15) is 5.10 Å². The maximum Gasteiger partial charge on any atom is 0.0951 e. The van der Waals surface area contributed by atoms with E-state index in [1.165, 1.54) is 53.9 Å². The lowest BCUT2D eigenvalue weighted by Gasteiger charge is -2.27. The molecule has 0 bridgehead atoms. The Kier molecular flexibility index (Phi) is 5.00. The van der Waals surface area contributed by atoms with E-state index in [-0.39, 0.29) is 0 Å². The molecule has 0 amide bonds. The SMILES string of the molecule is c1ccc(Cn2cncc2CN2CCc3[nH]nc(CC4CCCC4)c3C2)cc1. The Balaban J connectivity index is 1.27. The van der Waals surface area contributed by atoms with Gasteiger partial charge >= 0.3 is 0 Å². The number of aromatic amines is 1. The highest BCUT2D eigenvalue weighted by Gasteiger charge is 2.25. The summed E-state index contributed by atoms with van der Waals surface area (Å²) in [7, 11) is 0. The van der Waals surface area contributed by atoms with E-state index >= 15 is 0 Å². The smallest absolute Gasteiger partial charge is 0.0951 e. The van der Waals surface area contributed by atoms with Gasteiger partial charge in [0.15, 0.2) is 0 Å². The largest absolute Gasteiger partial charge is 0.329 e. The molecule has 5 rings (SSSR count). The molecule has 146 valence electrons. The van der Waals surface area contributed by atoms with Gasteiger partial charge in [-0.05, 0) is 17.9 Å². The highest BCUT2D eigenvalue weighted by Crippen LogP contribution is 2.30. The monoisotopic (exact) mass is 375 g/mol. The van der Waals surface area contributed by atoms with Crippen molar-refractivity contribution in [2.24, 2.45) is 5.92 Å². The lowest BCUT2D eigenvalue weighted by atomic mass is 9.96. The van der Waals surface area contributed by atoms with Crippen LogP contribution in [0.1, 0.15) is 53.9 Å². The van der Waals surface area contributed by atoms with Crippen LogP contribution in [0.2, 0.25) is 0 Å². The quantitative estimate of drug-likeness (QED) is 0.710. The van der Waals surface area contributed by atoms with Crippen molar-refractivity contribution in [1.29, 1.82) is 0 Å². The lowest BCUT2D eigenvalue weighted by molar-refractivity contribution is 0.238. The van der Waals surface area contributed by atoms with Crippen LogP contribution in [0.4, 0.5) is 0 Å². The third-order valence-electron chi connectivity index (χ3n) is 6.43. The Labute approximate surface area is 166 Å². The van der Waals surface area contributed by atoms with E-state index in [1.807, 2.05) is 12.5 Å². The zero-order valence-electron chi connectivity index (χ0n) is 16.5. The zero-order valence-corrected chi connectivity index (χ0v) is 16.5. The van der Waals surface area contributed by atoms with Crippen molar-refractivity contribution >= 4 is 0 Å². The summed E-state index contributed by atoms with van der Waals surface area (Å²) in [5.41, 5.74) is 6.75. The van der Waals surface area contributed by atoms with Crippen LogP contribution in [0.25, 0.3) is 0 Å². The molecule has 1 aliphatic carbocycles. The van der Waals surface area contributed by atoms with Crippen LogP contribution in [0.5, 0.6) is 0 Å². The molecular weight excluding hydrogens is 346 g/mol. The third kappa shape index (κ3) is 3.76. The summed E-state index contributed by atoms with van der Waals surface area (Å²) in [5, 5.41) is 8.03. The minimum Gasteiger partial charge on any atom is -0.329 e. The van der Waals surface area contributed by atoms with E-state index in [0.29, 0.717) is 0 Å². The molecule has 3 aromatic rings. The lowest BCUT2D eigenvalue weighted by Crippen LogP contribution is -2.31. The molecule has 1 aromatic carbocycles. The van der Waals surface area contributed by atoms with Gasteiger partial charge in [-0.1, -0.05) is 56.0 Å². The minimum absolute atomic E-state index is 0.843. The van der Waals surface area contributed by atoms with Crippen LogP contribution in [0, 0.1) is 5.92 Å². The van der Waals surface area contributed by atoms with E-state index in [4.69, 9.17) is 5.10 Å². The Morgan fingerprint density at radius 1 is 1.07 bits per heavy atom. The molecular formula is C23H29N5. The summed E-state index contributed by atoms with van der Waals surface area (Å²) < 4.78 is 2.28. The van der Waals surface area contributed by atoms with Crippen LogP contribution in [-0.4, -0.2) is 31.2 Å². The van der Waals surface area contributed by atoms with Gasteiger partial charge in [-0.25, -0.2) is 4.98 Å². The number of hydrogen-bond donors (Lipinski definition) is 1. The third-order valence-corrected chi connectivity index (χ3v) is 6.43. The number of nitrogens with one attached hydrogen (secondary N) is 1. The number of imidazole rings is 1. The summed E-state index contributed by atoms with van der Waals surface area (Å²) in [6, 6.07) is 10.6. The molecule has 1 N–H and O–H groups in total. The highest BCUT2D eigenvalue weighted by atomic mass is 15.2. The summed E-state index contributed by atoms with van der Waals surface area (Å²) in [6.45, 7) is 3.91. The van der Waals surface area contributed by atoms with Crippen molar-refractivity contribution in [3.63, 3.8) is 0 Å². The number of aromatic nitrogens is 4. The average Bonchev–Trinajstić information content (AvgIpc) is 3.47. The molecule has 3 heterocycles. The number of rotatable bonds is 6. The summed E-state index contributed by atoms with van der Waals surface area (Å²) in [4.78, 5) is 6.97. The van der Waals surface area contributed by atoms with Gasteiger partial charge in [-0.15, -0.1) is 0 Å². The van der Waals surface area contributed by atoms with Gasteiger partial charge in [0.1, 0.15) is 0 Å². The van der Waals surface area contributed by atoms with Gasteiger partial charge < -0.3 is 4.57 Å². The number of hydrogen-bond acceptors (Lipinski definition) is 3. The predicted octanol–water partition coefficient (Wildman–Crippen LogP) is 3.95. The maximum absolute atomic E-state index is 4.70. The van der Waals surface area contributed by atoms with E-state index < -0.39 is 0 Å². The number of fused-ring (bicyclic) bond motifs is 1. The van der Waals surface area contributed by atoms with Crippen LogP contribution in [0.15, 0.2) is 42.9 Å². The fourth-order valence-corrected chi connectivity index (χ4v) is 4.83. The van der Waals surface area contributed by atoms with Crippen molar-refractivity contribution in [1.82, 2.24) is 24.6 Å². The van der Waals surface area contributed by atoms with Gasteiger partial charge in [0.05, 0.1) is 17.7 Å². The zero-order chi connectivity index (χ0) is 18.8. The van der Waals surface area contributed by atoms with Crippen molar-refractivity contribution < 1.29 is 0 Å². The molecule has 1 aliphatic heterocycles. The first kappa shape index (κ1) is 17.7. The Morgan fingerprint density at radius 3 is 2.79 bits per heavy atom. The highest BCUT2D eigenvalue weighted by molar-refractivity contribution is 5.28. The maximum atomic E-state index is 4.70. The fraction of sp³-hybridized carbons (Fsp3) is 0.478. The molecule has 0 radical (unpaired) electrons. The second-order valence-electron chi connectivity index (χ2n) is 8.44. The van der Waals surface area contributed by atoms with Crippen molar-refractivity contribution in [2.75, 3.05) is 6.54 Å². The summed E-state index contributed by atoms with van der Waals surface area (Å²) in [5.74, 6) is 0.843. The molecule has 0 unspecified atom stereocenters. The molecule has 5 nitrogen and oxygen atoms in total. The second kappa shape index (κ2) is 7.92. The van der Waals surface area contributed by atoms with E-state index in [1.54, 1.807) is 0 Å². The molecule has 0 atom stereocenters. The first-order chi connectivity index (χ1) is 13.8. The summed E-state index contributed by atoms with van der Waals surface area (Å²) >= 11 is 0. The van der Waals surface area contributed by atoms with Gasteiger partial charge in [0, 0.05) is 50.1 Å². The average molecular weight is 376 g/mol. The topological polar surface area (TPSA) is 49.7 Å². The normalized spacial score (nSPS) is 17.9. The minimum atomic E-state index is 0.843.